The lowest BCUT2D eigenvalue weighted by atomic mass is 9.92. The normalized spacial score (nSPS) is 18.1. The molecule has 1 aromatic carbocycles. The average Bonchev–Trinajstić information content (AvgIpc) is 2.38. The molecule has 3 heteroatoms. The summed E-state index contributed by atoms with van der Waals surface area (Å²) in [5, 5.41) is 0. The Hall–Kier alpha value is -0.540. The molecular formula is C13H18BrNO. The first-order valence-corrected chi connectivity index (χ1v) is 6.29. The Morgan fingerprint density at radius 2 is 2.00 bits per heavy atom. The van der Waals surface area contributed by atoms with Crippen molar-refractivity contribution in [1.82, 2.24) is 0 Å². The van der Waals surface area contributed by atoms with Gasteiger partial charge in [0, 0.05) is 12.0 Å². The maximum absolute atomic E-state index is 6.13. The molecule has 0 aliphatic carbocycles. The first kappa shape index (κ1) is 11.9. The van der Waals surface area contributed by atoms with Gasteiger partial charge >= 0.3 is 0 Å². The van der Waals surface area contributed by atoms with Crippen molar-refractivity contribution in [3.05, 3.63) is 27.7 Å². The van der Waals surface area contributed by atoms with Gasteiger partial charge in [-0.05, 0) is 60.8 Å². The Labute approximate surface area is 105 Å². The van der Waals surface area contributed by atoms with E-state index in [-0.39, 0.29) is 11.1 Å². The second kappa shape index (κ2) is 3.47. The van der Waals surface area contributed by atoms with E-state index >= 15 is 0 Å². The van der Waals surface area contributed by atoms with Crippen LogP contribution in [0.3, 0.4) is 0 Å². The van der Waals surface area contributed by atoms with E-state index in [4.69, 9.17) is 10.5 Å². The predicted octanol–water partition coefficient (Wildman–Crippen LogP) is 3.36. The van der Waals surface area contributed by atoms with E-state index in [0.29, 0.717) is 0 Å². The molecule has 0 saturated carbocycles. The van der Waals surface area contributed by atoms with Crippen LogP contribution in [0.5, 0.6) is 5.75 Å². The van der Waals surface area contributed by atoms with Gasteiger partial charge < -0.3 is 10.5 Å². The largest absolute Gasteiger partial charge is 0.486 e. The average molecular weight is 284 g/mol. The molecule has 1 heterocycles. The first-order valence-electron chi connectivity index (χ1n) is 5.50. The zero-order valence-corrected chi connectivity index (χ0v) is 11.8. The van der Waals surface area contributed by atoms with E-state index in [1.165, 1.54) is 5.56 Å². The minimum Gasteiger partial charge on any atom is -0.486 e. The van der Waals surface area contributed by atoms with Gasteiger partial charge in [0.05, 0.1) is 4.47 Å². The van der Waals surface area contributed by atoms with Crippen LogP contribution in [0.15, 0.2) is 16.6 Å². The molecule has 1 aliphatic rings. The standard InChI is InChI=1S/C13H18BrNO/c1-12(2)7-8-5-9(13(3,4)15)6-10(14)11(8)16-12/h5-6H,7,15H2,1-4H3. The Morgan fingerprint density at radius 1 is 1.38 bits per heavy atom. The molecule has 2 nitrogen and oxygen atoms in total. The van der Waals surface area contributed by atoms with Crippen molar-refractivity contribution in [2.24, 2.45) is 5.73 Å². The third-order valence-electron chi connectivity index (χ3n) is 2.86. The minimum atomic E-state index is -0.315. The van der Waals surface area contributed by atoms with Crippen molar-refractivity contribution in [3.63, 3.8) is 0 Å². The summed E-state index contributed by atoms with van der Waals surface area (Å²) in [4.78, 5) is 0. The van der Waals surface area contributed by atoms with Gasteiger partial charge in [-0.15, -0.1) is 0 Å². The topological polar surface area (TPSA) is 35.2 Å². The molecule has 0 bridgehead atoms. The fourth-order valence-electron chi connectivity index (χ4n) is 2.04. The molecule has 2 N–H and O–H groups in total. The molecule has 16 heavy (non-hydrogen) atoms. The summed E-state index contributed by atoms with van der Waals surface area (Å²) in [6.07, 6.45) is 0.935. The zero-order valence-electron chi connectivity index (χ0n) is 10.2. The molecule has 1 aromatic rings. The molecular weight excluding hydrogens is 266 g/mol. The van der Waals surface area contributed by atoms with E-state index in [1.807, 2.05) is 13.8 Å². The Bertz CT molecular complexity index is 432. The number of rotatable bonds is 1. The number of halogens is 1. The Balaban J connectivity index is 2.50. The van der Waals surface area contributed by atoms with Gasteiger partial charge in [-0.3, -0.25) is 0 Å². The summed E-state index contributed by atoms with van der Waals surface area (Å²) in [6, 6.07) is 4.22. The van der Waals surface area contributed by atoms with E-state index in [9.17, 15) is 0 Å². The van der Waals surface area contributed by atoms with E-state index in [1.54, 1.807) is 0 Å². The molecule has 2 rings (SSSR count). The summed E-state index contributed by atoms with van der Waals surface area (Å²) >= 11 is 3.56. The van der Waals surface area contributed by atoms with Crippen LogP contribution in [0.2, 0.25) is 0 Å². The highest BCUT2D eigenvalue weighted by atomic mass is 79.9. The van der Waals surface area contributed by atoms with Gasteiger partial charge in [-0.2, -0.15) is 0 Å². The van der Waals surface area contributed by atoms with E-state index in [0.717, 1.165) is 22.2 Å². The zero-order chi connectivity index (χ0) is 12.1. The maximum Gasteiger partial charge on any atom is 0.137 e. The van der Waals surface area contributed by atoms with Crippen LogP contribution in [0.25, 0.3) is 0 Å². The van der Waals surface area contributed by atoms with Gasteiger partial charge in [0.15, 0.2) is 0 Å². The summed E-state index contributed by atoms with van der Waals surface area (Å²) in [6.45, 7) is 8.24. The van der Waals surface area contributed by atoms with Gasteiger partial charge in [-0.25, -0.2) is 0 Å². The number of hydrogen-bond donors (Lipinski definition) is 1. The van der Waals surface area contributed by atoms with Crippen LogP contribution in [0.1, 0.15) is 38.8 Å². The van der Waals surface area contributed by atoms with Crippen LogP contribution in [0.4, 0.5) is 0 Å². The lowest BCUT2D eigenvalue weighted by Gasteiger charge is -2.20. The molecule has 0 amide bonds. The van der Waals surface area contributed by atoms with Crippen molar-refractivity contribution >= 4 is 15.9 Å². The van der Waals surface area contributed by atoms with Crippen molar-refractivity contribution in [2.45, 2.75) is 45.3 Å². The van der Waals surface area contributed by atoms with Gasteiger partial charge in [0.2, 0.25) is 0 Å². The van der Waals surface area contributed by atoms with Crippen molar-refractivity contribution in [3.8, 4) is 5.75 Å². The lowest BCUT2D eigenvalue weighted by molar-refractivity contribution is 0.137. The van der Waals surface area contributed by atoms with Crippen LogP contribution in [0, 0.1) is 0 Å². The predicted molar refractivity (Wildman–Crippen MR) is 69.8 cm³/mol. The number of ether oxygens (including phenoxy) is 1. The van der Waals surface area contributed by atoms with E-state index in [2.05, 4.69) is 41.9 Å². The van der Waals surface area contributed by atoms with Crippen molar-refractivity contribution in [1.29, 1.82) is 0 Å². The second-order valence-electron chi connectivity index (χ2n) is 5.71. The fraction of sp³-hybridized carbons (Fsp3) is 0.538. The first-order chi connectivity index (χ1) is 7.19. The molecule has 88 valence electrons. The third kappa shape index (κ3) is 2.11. The van der Waals surface area contributed by atoms with E-state index < -0.39 is 0 Å². The van der Waals surface area contributed by atoms with Crippen LogP contribution < -0.4 is 10.5 Å². The van der Waals surface area contributed by atoms with Crippen LogP contribution in [-0.2, 0) is 12.0 Å². The summed E-state index contributed by atoms with van der Waals surface area (Å²) in [5.41, 5.74) is 8.08. The fourth-order valence-corrected chi connectivity index (χ4v) is 2.62. The molecule has 0 radical (unpaired) electrons. The van der Waals surface area contributed by atoms with Gasteiger partial charge in [-0.1, -0.05) is 6.07 Å². The molecule has 0 saturated heterocycles. The van der Waals surface area contributed by atoms with Crippen LogP contribution in [-0.4, -0.2) is 5.60 Å². The molecule has 0 spiro atoms. The molecule has 0 aromatic heterocycles. The number of fused-ring (bicyclic) bond motifs is 1. The number of nitrogens with two attached hydrogens (primary N) is 1. The van der Waals surface area contributed by atoms with Crippen molar-refractivity contribution < 1.29 is 4.74 Å². The van der Waals surface area contributed by atoms with Crippen LogP contribution >= 0.6 is 15.9 Å². The molecule has 1 aliphatic heterocycles. The molecule has 0 unspecified atom stereocenters. The van der Waals surface area contributed by atoms with Crippen molar-refractivity contribution in [2.75, 3.05) is 0 Å². The number of benzene rings is 1. The number of hydrogen-bond acceptors (Lipinski definition) is 2. The monoisotopic (exact) mass is 283 g/mol. The minimum absolute atomic E-state index is 0.109. The van der Waals surface area contributed by atoms with Gasteiger partial charge in [0.25, 0.3) is 0 Å². The third-order valence-corrected chi connectivity index (χ3v) is 3.45. The van der Waals surface area contributed by atoms with Gasteiger partial charge in [0.1, 0.15) is 11.4 Å². The Morgan fingerprint density at radius 3 is 2.56 bits per heavy atom. The maximum atomic E-state index is 6.13. The SMILES string of the molecule is CC1(C)Cc2cc(C(C)(C)N)cc(Br)c2O1. The molecule has 0 atom stereocenters. The highest BCUT2D eigenvalue weighted by Gasteiger charge is 2.32. The Kier molecular flexibility index (Phi) is 2.59. The summed E-state index contributed by atoms with van der Waals surface area (Å²) in [5.74, 6) is 0.970. The quantitative estimate of drug-likeness (QED) is 0.858. The highest BCUT2D eigenvalue weighted by Crippen LogP contribution is 2.42. The molecule has 0 fully saturated rings. The second-order valence-corrected chi connectivity index (χ2v) is 6.56. The summed E-state index contributed by atoms with van der Waals surface area (Å²) < 4.78 is 6.91. The summed E-state index contributed by atoms with van der Waals surface area (Å²) in [7, 11) is 0. The highest BCUT2D eigenvalue weighted by molar-refractivity contribution is 9.10. The smallest absolute Gasteiger partial charge is 0.137 e. The lowest BCUT2D eigenvalue weighted by Crippen LogP contribution is -2.28.